The second-order valence-corrected chi connectivity index (χ2v) is 8.98. The number of nitrogen functional groups attached to an aromatic ring is 1. The molecule has 2 aromatic heterocycles. The lowest BCUT2D eigenvalue weighted by Gasteiger charge is -2.11. The van der Waals surface area contributed by atoms with Crippen LogP contribution in [0.15, 0.2) is 28.5 Å². The molecule has 148 valence electrons. The first-order chi connectivity index (χ1) is 13.5. The fourth-order valence-corrected chi connectivity index (χ4v) is 4.58. The van der Waals surface area contributed by atoms with E-state index in [1.807, 2.05) is 12.1 Å². The van der Waals surface area contributed by atoms with Gasteiger partial charge >= 0.3 is 0 Å². The Bertz CT molecular complexity index is 1010. The molecular weight excluding hydrogens is 491 g/mol. The number of benzene rings is 1. The molecule has 1 aromatic carbocycles. The van der Waals surface area contributed by atoms with Crippen LogP contribution in [0.3, 0.4) is 0 Å². The Hall–Kier alpha value is -1.79. The van der Waals surface area contributed by atoms with Crippen LogP contribution in [-0.4, -0.2) is 39.4 Å². The summed E-state index contributed by atoms with van der Waals surface area (Å²) >= 11 is 3.86. The van der Waals surface area contributed by atoms with Gasteiger partial charge in [-0.15, -0.1) is 0 Å². The number of aromatic nitrogens is 4. The Morgan fingerprint density at radius 1 is 1.29 bits per heavy atom. The number of nitrogens with one attached hydrogen (secondary N) is 1. The maximum absolute atomic E-state index is 6.04. The highest BCUT2D eigenvalue weighted by Gasteiger charge is 2.20. The van der Waals surface area contributed by atoms with Gasteiger partial charge in [-0.1, -0.05) is 25.6 Å². The molecule has 28 heavy (non-hydrogen) atoms. The number of fused-ring (bicyclic) bond motifs is 2. The van der Waals surface area contributed by atoms with Gasteiger partial charge in [0.15, 0.2) is 33.6 Å². The molecule has 0 atom stereocenters. The molecule has 10 heteroatoms. The Morgan fingerprint density at radius 2 is 2.07 bits per heavy atom. The minimum Gasteiger partial charge on any atom is -0.454 e. The maximum atomic E-state index is 6.04. The van der Waals surface area contributed by atoms with Gasteiger partial charge in [-0.2, -0.15) is 0 Å². The Morgan fingerprint density at radius 3 is 2.86 bits per heavy atom. The highest BCUT2D eigenvalue weighted by molar-refractivity contribution is 14.1. The molecule has 1 aliphatic rings. The third kappa shape index (κ3) is 3.98. The van der Waals surface area contributed by atoms with Crippen molar-refractivity contribution in [2.24, 2.45) is 5.92 Å². The number of ether oxygens (including phenoxy) is 2. The Balaban J connectivity index is 1.66. The summed E-state index contributed by atoms with van der Waals surface area (Å²) in [5.74, 6) is 2.52. The second-order valence-electron chi connectivity index (χ2n) is 6.81. The summed E-state index contributed by atoms with van der Waals surface area (Å²) < 4.78 is 14.1. The molecule has 3 aromatic rings. The van der Waals surface area contributed by atoms with Crippen LogP contribution >= 0.6 is 34.4 Å². The average Bonchev–Trinajstić information content (AvgIpc) is 3.24. The molecule has 0 saturated carbocycles. The topological polar surface area (TPSA) is 100 Å². The van der Waals surface area contributed by atoms with E-state index in [1.165, 1.54) is 6.33 Å². The van der Waals surface area contributed by atoms with Gasteiger partial charge in [-0.25, -0.2) is 15.0 Å². The molecule has 0 bridgehead atoms. The van der Waals surface area contributed by atoms with Crippen molar-refractivity contribution in [3.8, 4) is 11.5 Å². The molecule has 0 radical (unpaired) electrons. The van der Waals surface area contributed by atoms with Gasteiger partial charge in [0.1, 0.15) is 6.33 Å². The number of anilines is 1. The molecule has 0 unspecified atom stereocenters. The zero-order valence-electron chi connectivity index (χ0n) is 15.6. The van der Waals surface area contributed by atoms with Crippen LogP contribution in [0.25, 0.3) is 11.2 Å². The molecule has 1 aliphatic heterocycles. The minimum atomic E-state index is 0.256. The van der Waals surface area contributed by atoms with E-state index in [1.54, 1.807) is 11.8 Å². The van der Waals surface area contributed by atoms with E-state index in [-0.39, 0.29) is 6.79 Å². The van der Waals surface area contributed by atoms with Gasteiger partial charge in [0.2, 0.25) is 6.79 Å². The summed E-state index contributed by atoms with van der Waals surface area (Å²) in [6, 6.07) is 3.97. The highest BCUT2D eigenvalue weighted by Crippen LogP contribution is 2.41. The number of rotatable bonds is 7. The van der Waals surface area contributed by atoms with Crippen molar-refractivity contribution in [1.82, 2.24) is 24.8 Å². The molecule has 0 amide bonds. The largest absolute Gasteiger partial charge is 0.454 e. The zero-order valence-corrected chi connectivity index (χ0v) is 18.6. The lowest BCUT2D eigenvalue weighted by Crippen LogP contribution is -2.24. The molecule has 0 aliphatic carbocycles. The highest BCUT2D eigenvalue weighted by atomic mass is 127. The Labute approximate surface area is 180 Å². The van der Waals surface area contributed by atoms with Crippen LogP contribution in [0.2, 0.25) is 0 Å². The van der Waals surface area contributed by atoms with E-state index in [9.17, 15) is 0 Å². The summed E-state index contributed by atoms with van der Waals surface area (Å²) in [7, 11) is 0. The molecule has 0 spiro atoms. The van der Waals surface area contributed by atoms with Crippen molar-refractivity contribution in [1.29, 1.82) is 0 Å². The van der Waals surface area contributed by atoms with Gasteiger partial charge in [0.25, 0.3) is 0 Å². The zero-order chi connectivity index (χ0) is 19.7. The van der Waals surface area contributed by atoms with E-state index in [2.05, 4.69) is 56.3 Å². The fourth-order valence-electron chi connectivity index (χ4n) is 2.87. The quantitative estimate of drug-likeness (QED) is 0.368. The number of hydrogen-bond donors (Lipinski definition) is 2. The SMILES string of the molecule is CC(C)CNCCn1c(Sc2cc3c(cc2I)OCO3)nc2c(N)ncnc21. The first-order valence-corrected chi connectivity index (χ1v) is 10.9. The fraction of sp³-hybridized carbons (Fsp3) is 0.389. The van der Waals surface area contributed by atoms with E-state index < -0.39 is 0 Å². The van der Waals surface area contributed by atoms with Gasteiger partial charge in [0, 0.05) is 21.6 Å². The summed E-state index contributed by atoms with van der Waals surface area (Å²) in [5, 5.41) is 4.29. The molecule has 3 N–H and O–H groups in total. The number of halogens is 1. The summed E-state index contributed by atoms with van der Waals surface area (Å²) in [6.45, 7) is 7.16. The smallest absolute Gasteiger partial charge is 0.231 e. The van der Waals surface area contributed by atoms with Gasteiger partial charge in [0.05, 0.1) is 0 Å². The van der Waals surface area contributed by atoms with Crippen LogP contribution < -0.4 is 20.5 Å². The molecule has 0 saturated heterocycles. The molecule has 8 nitrogen and oxygen atoms in total. The van der Waals surface area contributed by atoms with Gasteiger partial charge in [-0.05, 0) is 47.2 Å². The first-order valence-electron chi connectivity index (χ1n) is 8.97. The molecule has 0 fully saturated rings. The van der Waals surface area contributed by atoms with Crippen molar-refractivity contribution in [3.63, 3.8) is 0 Å². The molecular formula is C18H21IN6O2S. The Kier molecular flexibility index (Phi) is 5.78. The van der Waals surface area contributed by atoms with Crippen LogP contribution in [0.4, 0.5) is 5.82 Å². The van der Waals surface area contributed by atoms with Crippen molar-refractivity contribution < 1.29 is 9.47 Å². The van der Waals surface area contributed by atoms with E-state index in [4.69, 9.17) is 20.2 Å². The van der Waals surface area contributed by atoms with Crippen LogP contribution in [0.5, 0.6) is 11.5 Å². The lowest BCUT2D eigenvalue weighted by atomic mass is 10.2. The van der Waals surface area contributed by atoms with E-state index in [0.717, 1.165) is 50.4 Å². The number of nitrogens with two attached hydrogens (primary N) is 1. The normalized spacial score (nSPS) is 13.0. The van der Waals surface area contributed by atoms with Crippen LogP contribution in [-0.2, 0) is 6.54 Å². The maximum Gasteiger partial charge on any atom is 0.231 e. The van der Waals surface area contributed by atoms with Crippen molar-refractivity contribution in [3.05, 3.63) is 22.0 Å². The second kappa shape index (κ2) is 8.29. The lowest BCUT2D eigenvalue weighted by molar-refractivity contribution is 0.174. The summed E-state index contributed by atoms with van der Waals surface area (Å²) in [6.07, 6.45) is 1.48. The number of imidazole rings is 1. The summed E-state index contributed by atoms with van der Waals surface area (Å²) in [4.78, 5) is 14.3. The molecule has 4 rings (SSSR count). The van der Waals surface area contributed by atoms with Crippen LogP contribution in [0, 0.1) is 9.49 Å². The monoisotopic (exact) mass is 512 g/mol. The van der Waals surface area contributed by atoms with Crippen molar-refractivity contribution in [2.45, 2.75) is 30.4 Å². The molecule has 3 heterocycles. The standard InChI is InChI=1S/C18H21IN6O2S/c1-10(2)7-21-3-4-25-17-15(16(20)22-8-23-17)24-18(25)28-14-6-13-12(5-11(14)19)26-9-27-13/h5-6,8,10,21H,3-4,7,9H2,1-2H3,(H2,20,22,23). The predicted octanol–water partition coefficient (Wildman–Crippen LogP) is 3.14. The third-order valence-electron chi connectivity index (χ3n) is 4.22. The number of nitrogens with zero attached hydrogens (tertiary/aromatic N) is 4. The van der Waals surface area contributed by atoms with Crippen molar-refractivity contribution in [2.75, 3.05) is 25.6 Å². The van der Waals surface area contributed by atoms with E-state index >= 15 is 0 Å². The summed E-state index contributed by atoms with van der Waals surface area (Å²) in [5.41, 5.74) is 7.42. The van der Waals surface area contributed by atoms with Gasteiger partial charge in [-0.3, -0.25) is 0 Å². The van der Waals surface area contributed by atoms with Gasteiger partial charge < -0.3 is 25.1 Å². The first kappa shape index (κ1) is 19.5. The van der Waals surface area contributed by atoms with Crippen molar-refractivity contribution >= 4 is 51.3 Å². The predicted molar refractivity (Wildman–Crippen MR) is 117 cm³/mol. The minimum absolute atomic E-state index is 0.256. The average molecular weight is 512 g/mol. The number of hydrogen-bond acceptors (Lipinski definition) is 8. The third-order valence-corrected chi connectivity index (χ3v) is 6.53. The van der Waals surface area contributed by atoms with E-state index in [0.29, 0.717) is 17.3 Å². The van der Waals surface area contributed by atoms with Crippen LogP contribution in [0.1, 0.15) is 13.8 Å².